The number of halogens is 4. The van der Waals surface area contributed by atoms with Gasteiger partial charge in [0.1, 0.15) is 10.6 Å². The van der Waals surface area contributed by atoms with Gasteiger partial charge in [0, 0.05) is 10.7 Å². The number of alkyl halides is 2. The van der Waals surface area contributed by atoms with E-state index in [4.69, 9.17) is 22.3 Å². The lowest BCUT2D eigenvalue weighted by molar-refractivity contribution is -0.386. The Morgan fingerprint density at radius 1 is 1.47 bits per heavy atom. The van der Waals surface area contributed by atoms with Crippen LogP contribution in [-0.2, 0) is 9.05 Å². The molecular weight excluding hydrogens is 305 g/mol. The Hall–Kier alpha value is -1.06. The van der Waals surface area contributed by atoms with Crippen molar-refractivity contribution >= 4 is 37.0 Å². The fourth-order valence-electron chi connectivity index (χ4n) is 1.05. The van der Waals surface area contributed by atoms with Crippen LogP contribution >= 0.6 is 22.3 Å². The van der Waals surface area contributed by atoms with Crippen LogP contribution in [0.25, 0.3) is 0 Å². The molecule has 1 rings (SSSR count). The molecule has 6 nitrogen and oxygen atoms in total. The molecule has 0 aliphatic carbocycles. The van der Waals surface area contributed by atoms with Crippen LogP contribution < -0.4 is 0 Å². The number of aromatic nitrogens is 1. The Morgan fingerprint density at radius 2 is 2.00 bits per heavy atom. The first-order valence-corrected chi connectivity index (χ1v) is 6.40. The zero-order chi connectivity index (χ0) is 13.4. The molecule has 17 heavy (non-hydrogen) atoms. The molecule has 0 fully saturated rings. The molecule has 94 valence electrons. The van der Waals surface area contributed by atoms with E-state index >= 15 is 0 Å². The van der Waals surface area contributed by atoms with Gasteiger partial charge < -0.3 is 0 Å². The van der Waals surface area contributed by atoms with Crippen LogP contribution in [0.3, 0.4) is 0 Å². The first-order chi connectivity index (χ1) is 7.66. The Kier molecular flexibility index (Phi) is 3.84. The third kappa shape index (κ3) is 2.79. The normalized spacial score (nSPS) is 11.8. The second-order valence-corrected chi connectivity index (χ2v) is 5.56. The van der Waals surface area contributed by atoms with Gasteiger partial charge in [-0.15, -0.1) is 0 Å². The van der Waals surface area contributed by atoms with Crippen molar-refractivity contribution in [1.29, 1.82) is 0 Å². The fraction of sp³-hybridized carbons (Fsp3) is 0.167. The van der Waals surface area contributed by atoms with Crippen molar-refractivity contribution in [3.05, 3.63) is 26.9 Å². The predicted octanol–water partition coefficient (Wildman–Crippen LogP) is 2.51. The maximum atomic E-state index is 12.6. The monoisotopic (exact) mass is 306 g/mol. The van der Waals surface area contributed by atoms with Crippen LogP contribution in [-0.4, -0.2) is 18.3 Å². The molecule has 1 aromatic rings. The average molecular weight is 307 g/mol. The molecule has 0 amide bonds. The summed E-state index contributed by atoms with van der Waals surface area (Å²) in [7, 11) is 0.214. The molecule has 0 saturated carbocycles. The van der Waals surface area contributed by atoms with Crippen molar-refractivity contribution < 1.29 is 22.1 Å². The molecule has 0 N–H and O–H groups in total. The third-order valence-corrected chi connectivity index (χ3v) is 3.14. The summed E-state index contributed by atoms with van der Waals surface area (Å²) < 4.78 is 47.2. The molecule has 0 aliphatic heterocycles. The topological polar surface area (TPSA) is 90.2 Å². The van der Waals surface area contributed by atoms with Gasteiger partial charge in [-0.25, -0.2) is 22.2 Å². The van der Waals surface area contributed by atoms with E-state index in [0.717, 1.165) is 0 Å². The van der Waals surface area contributed by atoms with Crippen LogP contribution in [0, 0.1) is 10.1 Å². The Morgan fingerprint density at radius 3 is 2.35 bits per heavy atom. The van der Waals surface area contributed by atoms with Gasteiger partial charge in [-0.3, -0.25) is 10.1 Å². The van der Waals surface area contributed by atoms with Gasteiger partial charge in [-0.2, -0.15) is 0 Å². The van der Waals surface area contributed by atoms with Gasteiger partial charge in [0.2, 0.25) is 0 Å². The summed E-state index contributed by atoms with van der Waals surface area (Å²) in [5.41, 5.74) is -2.65. The predicted molar refractivity (Wildman–Crippen MR) is 53.9 cm³/mol. The SMILES string of the molecule is O=[N+]([O-])c1c(Cl)cnc(S(=O)(=O)Cl)c1C(F)F. The summed E-state index contributed by atoms with van der Waals surface area (Å²) in [6.45, 7) is 0. The van der Waals surface area contributed by atoms with E-state index in [0.29, 0.717) is 6.20 Å². The molecule has 0 unspecified atom stereocenters. The number of nitrogens with zero attached hydrogens (tertiary/aromatic N) is 2. The highest BCUT2D eigenvalue weighted by atomic mass is 35.7. The fourth-order valence-corrected chi connectivity index (χ4v) is 2.27. The largest absolute Gasteiger partial charge is 0.301 e. The van der Waals surface area contributed by atoms with E-state index in [-0.39, 0.29) is 0 Å². The molecule has 11 heteroatoms. The summed E-state index contributed by atoms with van der Waals surface area (Å²) in [4.78, 5) is 12.4. The third-order valence-electron chi connectivity index (χ3n) is 1.64. The smallest absolute Gasteiger partial charge is 0.258 e. The maximum absolute atomic E-state index is 12.6. The molecular formula is C6H2Cl2F2N2O4S. The number of rotatable bonds is 3. The number of pyridine rings is 1. The van der Waals surface area contributed by atoms with Crippen molar-refractivity contribution in [2.75, 3.05) is 0 Å². The van der Waals surface area contributed by atoms with Crippen molar-refractivity contribution in [1.82, 2.24) is 4.98 Å². The second kappa shape index (κ2) is 4.67. The average Bonchev–Trinajstić information content (AvgIpc) is 2.14. The Bertz CT molecular complexity index is 578. The molecule has 0 spiro atoms. The summed E-state index contributed by atoms with van der Waals surface area (Å²) in [6.07, 6.45) is -2.88. The lowest BCUT2D eigenvalue weighted by Crippen LogP contribution is -2.06. The summed E-state index contributed by atoms with van der Waals surface area (Å²) in [5.74, 6) is 0. The van der Waals surface area contributed by atoms with E-state index in [9.17, 15) is 27.3 Å². The van der Waals surface area contributed by atoms with E-state index < -0.39 is 41.7 Å². The van der Waals surface area contributed by atoms with Crippen molar-refractivity contribution in [3.63, 3.8) is 0 Å². The molecule has 1 aromatic heterocycles. The van der Waals surface area contributed by atoms with E-state index in [1.807, 2.05) is 0 Å². The van der Waals surface area contributed by atoms with Crippen LogP contribution in [0.2, 0.25) is 5.02 Å². The first-order valence-electron chi connectivity index (χ1n) is 3.72. The van der Waals surface area contributed by atoms with Crippen molar-refractivity contribution in [2.45, 2.75) is 11.5 Å². The number of hydrogen-bond donors (Lipinski definition) is 0. The Balaban J connectivity index is 3.78. The van der Waals surface area contributed by atoms with Crippen LogP contribution in [0.5, 0.6) is 0 Å². The zero-order valence-corrected chi connectivity index (χ0v) is 9.93. The zero-order valence-electron chi connectivity index (χ0n) is 7.60. The minimum Gasteiger partial charge on any atom is -0.258 e. The van der Waals surface area contributed by atoms with Crippen LogP contribution in [0.1, 0.15) is 12.0 Å². The molecule has 0 atom stereocenters. The van der Waals surface area contributed by atoms with Crippen LogP contribution in [0.4, 0.5) is 14.5 Å². The standard InChI is InChI=1S/C6H2Cl2F2N2O4S/c7-2-1-11-6(17(8,15)16)3(5(9)10)4(2)12(13)14/h1,5H. The van der Waals surface area contributed by atoms with Gasteiger partial charge >= 0.3 is 5.69 Å². The highest BCUT2D eigenvalue weighted by molar-refractivity contribution is 8.13. The molecule has 0 radical (unpaired) electrons. The van der Waals surface area contributed by atoms with Gasteiger partial charge in [-0.05, 0) is 0 Å². The van der Waals surface area contributed by atoms with E-state index in [1.165, 1.54) is 0 Å². The molecule has 0 aromatic carbocycles. The molecule has 0 aliphatic rings. The van der Waals surface area contributed by atoms with Crippen molar-refractivity contribution in [2.24, 2.45) is 0 Å². The van der Waals surface area contributed by atoms with Gasteiger partial charge in [0.25, 0.3) is 15.5 Å². The van der Waals surface area contributed by atoms with Gasteiger partial charge in [-0.1, -0.05) is 11.6 Å². The van der Waals surface area contributed by atoms with E-state index in [1.54, 1.807) is 0 Å². The highest BCUT2D eigenvalue weighted by Gasteiger charge is 2.34. The summed E-state index contributed by atoms with van der Waals surface area (Å²) >= 11 is 5.32. The van der Waals surface area contributed by atoms with Gasteiger partial charge in [0.05, 0.1) is 11.1 Å². The lowest BCUT2D eigenvalue weighted by Gasteiger charge is -2.06. The van der Waals surface area contributed by atoms with Gasteiger partial charge in [0.15, 0.2) is 5.03 Å². The first kappa shape index (κ1) is 14.0. The van der Waals surface area contributed by atoms with Crippen LogP contribution in [0.15, 0.2) is 11.2 Å². The van der Waals surface area contributed by atoms with E-state index in [2.05, 4.69) is 4.98 Å². The highest BCUT2D eigenvalue weighted by Crippen LogP contribution is 2.38. The minimum atomic E-state index is -4.63. The number of nitro groups is 1. The minimum absolute atomic E-state index is 0.570. The lowest BCUT2D eigenvalue weighted by atomic mass is 10.2. The Labute approximate surface area is 103 Å². The molecule has 0 bridgehead atoms. The summed E-state index contributed by atoms with van der Waals surface area (Å²) in [5, 5.41) is 8.58. The molecule has 1 heterocycles. The second-order valence-electron chi connectivity index (χ2n) is 2.67. The number of hydrogen-bond acceptors (Lipinski definition) is 5. The quantitative estimate of drug-likeness (QED) is 0.486. The maximum Gasteiger partial charge on any atom is 0.301 e. The van der Waals surface area contributed by atoms with Crippen molar-refractivity contribution in [3.8, 4) is 0 Å². The summed E-state index contributed by atoms with van der Waals surface area (Å²) in [6, 6.07) is 0. The molecule has 0 saturated heterocycles.